The average molecular weight is 334 g/mol. The van der Waals surface area contributed by atoms with Gasteiger partial charge in [-0.05, 0) is 12.1 Å². The first-order valence-electron chi connectivity index (χ1n) is 8.50. The van der Waals surface area contributed by atoms with Crippen molar-refractivity contribution in [2.24, 2.45) is 7.05 Å². The SMILES string of the molecule is Cn1cnc(CN2CCNc3cc(Nc4ccccc4)ncc3C2)c1. The van der Waals surface area contributed by atoms with Gasteiger partial charge in [-0.15, -0.1) is 0 Å². The molecule has 0 unspecified atom stereocenters. The van der Waals surface area contributed by atoms with Crippen LogP contribution in [0.2, 0.25) is 0 Å². The lowest BCUT2D eigenvalue weighted by Crippen LogP contribution is -2.25. The number of aryl methyl sites for hydroxylation is 1. The molecule has 4 rings (SSSR count). The van der Waals surface area contributed by atoms with Crippen LogP contribution in [0.25, 0.3) is 0 Å². The van der Waals surface area contributed by atoms with Gasteiger partial charge in [-0.25, -0.2) is 9.97 Å². The van der Waals surface area contributed by atoms with Crippen LogP contribution in [-0.4, -0.2) is 32.5 Å². The van der Waals surface area contributed by atoms with Gasteiger partial charge in [0.15, 0.2) is 0 Å². The second-order valence-electron chi connectivity index (χ2n) is 6.39. The summed E-state index contributed by atoms with van der Waals surface area (Å²) in [6.07, 6.45) is 5.89. The van der Waals surface area contributed by atoms with Gasteiger partial charge in [0.25, 0.3) is 0 Å². The number of hydrogen-bond acceptors (Lipinski definition) is 5. The molecule has 128 valence electrons. The van der Waals surface area contributed by atoms with Crippen LogP contribution in [0.1, 0.15) is 11.3 Å². The Morgan fingerprint density at radius 3 is 2.88 bits per heavy atom. The molecule has 0 spiro atoms. The summed E-state index contributed by atoms with van der Waals surface area (Å²) in [5, 5.41) is 6.88. The highest BCUT2D eigenvalue weighted by molar-refractivity contribution is 5.63. The van der Waals surface area contributed by atoms with Crippen LogP contribution >= 0.6 is 0 Å². The number of nitrogens with zero attached hydrogens (tertiary/aromatic N) is 4. The third kappa shape index (κ3) is 3.80. The number of pyridine rings is 1. The highest BCUT2D eigenvalue weighted by Gasteiger charge is 2.16. The molecule has 3 heterocycles. The molecular formula is C19H22N6. The monoisotopic (exact) mass is 334 g/mol. The van der Waals surface area contributed by atoms with Crippen LogP contribution in [-0.2, 0) is 20.1 Å². The van der Waals surface area contributed by atoms with E-state index < -0.39 is 0 Å². The largest absolute Gasteiger partial charge is 0.383 e. The van der Waals surface area contributed by atoms with Gasteiger partial charge in [0, 0.05) is 68.6 Å². The molecule has 2 N–H and O–H groups in total. The summed E-state index contributed by atoms with van der Waals surface area (Å²) < 4.78 is 1.99. The molecule has 6 nitrogen and oxygen atoms in total. The predicted molar refractivity (Wildman–Crippen MR) is 99.8 cm³/mol. The Morgan fingerprint density at radius 2 is 2.08 bits per heavy atom. The predicted octanol–water partition coefficient (Wildman–Crippen LogP) is 2.99. The first-order valence-corrected chi connectivity index (χ1v) is 8.50. The average Bonchev–Trinajstić information content (AvgIpc) is 2.91. The number of imidazole rings is 1. The lowest BCUT2D eigenvalue weighted by molar-refractivity contribution is 0.268. The van der Waals surface area contributed by atoms with E-state index >= 15 is 0 Å². The number of fused-ring (bicyclic) bond motifs is 1. The van der Waals surface area contributed by atoms with Crippen molar-refractivity contribution in [3.8, 4) is 0 Å². The van der Waals surface area contributed by atoms with Crippen LogP contribution in [0.5, 0.6) is 0 Å². The zero-order chi connectivity index (χ0) is 17.1. The number of rotatable bonds is 4. The fourth-order valence-corrected chi connectivity index (χ4v) is 3.09. The molecule has 1 aliphatic rings. The van der Waals surface area contributed by atoms with Crippen molar-refractivity contribution in [1.29, 1.82) is 0 Å². The van der Waals surface area contributed by atoms with Crippen LogP contribution in [0.15, 0.2) is 55.1 Å². The maximum absolute atomic E-state index is 4.58. The van der Waals surface area contributed by atoms with Crippen LogP contribution in [0, 0.1) is 0 Å². The molecular weight excluding hydrogens is 312 g/mol. The van der Waals surface area contributed by atoms with E-state index in [0.29, 0.717) is 0 Å². The number of benzene rings is 1. The summed E-state index contributed by atoms with van der Waals surface area (Å²) >= 11 is 0. The molecule has 1 aromatic carbocycles. The quantitative estimate of drug-likeness (QED) is 0.768. The fraction of sp³-hybridized carbons (Fsp3) is 0.263. The van der Waals surface area contributed by atoms with E-state index in [4.69, 9.17) is 0 Å². The molecule has 0 amide bonds. The molecule has 1 aliphatic heterocycles. The molecule has 0 saturated heterocycles. The molecule has 6 heteroatoms. The summed E-state index contributed by atoms with van der Waals surface area (Å²) in [4.78, 5) is 11.4. The van der Waals surface area contributed by atoms with Gasteiger partial charge >= 0.3 is 0 Å². The minimum absolute atomic E-state index is 0.853. The number of para-hydroxylation sites is 1. The zero-order valence-electron chi connectivity index (χ0n) is 14.3. The minimum Gasteiger partial charge on any atom is -0.383 e. The second-order valence-corrected chi connectivity index (χ2v) is 6.39. The number of hydrogen-bond donors (Lipinski definition) is 2. The number of nitrogens with one attached hydrogen (secondary N) is 2. The Morgan fingerprint density at radius 1 is 1.20 bits per heavy atom. The van der Waals surface area contributed by atoms with Crippen molar-refractivity contribution in [3.63, 3.8) is 0 Å². The molecule has 0 bridgehead atoms. The second kappa shape index (κ2) is 6.94. The molecule has 0 atom stereocenters. The normalized spacial score (nSPS) is 14.4. The van der Waals surface area contributed by atoms with Crippen LogP contribution in [0.4, 0.5) is 17.2 Å². The molecule has 2 aromatic heterocycles. The summed E-state index contributed by atoms with van der Waals surface area (Å²) in [7, 11) is 2.00. The van der Waals surface area contributed by atoms with Gasteiger partial charge in [0.2, 0.25) is 0 Å². The Labute approximate surface area is 147 Å². The molecule has 0 saturated carbocycles. The molecule has 0 fully saturated rings. The van der Waals surface area contributed by atoms with E-state index in [1.54, 1.807) is 0 Å². The fourth-order valence-electron chi connectivity index (χ4n) is 3.09. The van der Waals surface area contributed by atoms with Gasteiger partial charge in [0.1, 0.15) is 5.82 Å². The Kier molecular flexibility index (Phi) is 4.35. The first-order chi connectivity index (χ1) is 12.3. The molecule has 0 radical (unpaired) electrons. The molecule has 3 aromatic rings. The summed E-state index contributed by atoms with van der Waals surface area (Å²) in [5.74, 6) is 0.857. The highest BCUT2D eigenvalue weighted by Crippen LogP contribution is 2.24. The summed E-state index contributed by atoms with van der Waals surface area (Å²) in [6, 6.07) is 12.2. The molecule has 0 aliphatic carbocycles. The van der Waals surface area contributed by atoms with Crippen LogP contribution < -0.4 is 10.6 Å². The van der Waals surface area contributed by atoms with E-state index in [1.165, 1.54) is 5.56 Å². The van der Waals surface area contributed by atoms with E-state index in [0.717, 1.165) is 49.1 Å². The van der Waals surface area contributed by atoms with Crippen molar-refractivity contribution < 1.29 is 0 Å². The van der Waals surface area contributed by atoms with Crippen molar-refractivity contribution in [2.45, 2.75) is 13.1 Å². The third-order valence-electron chi connectivity index (χ3n) is 4.31. The maximum atomic E-state index is 4.58. The van der Waals surface area contributed by atoms with E-state index in [1.807, 2.05) is 54.5 Å². The van der Waals surface area contributed by atoms with Crippen molar-refractivity contribution >= 4 is 17.2 Å². The van der Waals surface area contributed by atoms with Gasteiger partial charge in [-0.2, -0.15) is 0 Å². The Bertz CT molecular complexity index is 842. The summed E-state index contributed by atoms with van der Waals surface area (Å²) in [6.45, 7) is 3.62. The standard InChI is InChI=1S/C19H22N6/c1-24-12-17(22-14-24)13-25-8-7-20-18-9-19(21-10-15(18)11-25)23-16-5-3-2-4-6-16/h2-6,9-10,12,14,20H,7-8,11,13H2,1H3,(H,21,23). The van der Waals surface area contributed by atoms with Crippen molar-refractivity contribution in [2.75, 3.05) is 23.7 Å². The van der Waals surface area contributed by atoms with Gasteiger partial charge in [-0.3, -0.25) is 4.90 Å². The first kappa shape index (κ1) is 15.7. The van der Waals surface area contributed by atoms with Crippen LogP contribution in [0.3, 0.4) is 0 Å². The number of anilines is 3. The van der Waals surface area contributed by atoms with Crippen molar-refractivity contribution in [3.05, 3.63) is 66.4 Å². The van der Waals surface area contributed by atoms with Crippen molar-refractivity contribution in [1.82, 2.24) is 19.4 Å². The molecule has 25 heavy (non-hydrogen) atoms. The minimum atomic E-state index is 0.853. The lowest BCUT2D eigenvalue weighted by atomic mass is 10.2. The topological polar surface area (TPSA) is 58.0 Å². The number of aromatic nitrogens is 3. The van der Waals surface area contributed by atoms with E-state index in [-0.39, 0.29) is 0 Å². The van der Waals surface area contributed by atoms with E-state index in [2.05, 4.69) is 37.8 Å². The van der Waals surface area contributed by atoms with Gasteiger partial charge in [0.05, 0.1) is 12.0 Å². The maximum Gasteiger partial charge on any atom is 0.132 e. The zero-order valence-corrected chi connectivity index (χ0v) is 14.3. The smallest absolute Gasteiger partial charge is 0.132 e. The highest BCUT2D eigenvalue weighted by atomic mass is 15.2. The Balaban J connectivity index is 1.48. The Hall–Kier alpha value is -2.86. The van der Waals surface area contributed by atoms with E-state index in [9.17, 15) is 0 Å². The van der Waals surface area contributed by atoms with Gasteiger partial charge in [-0.1, -0.05) is 18.2 Å². The third-order valence-corrected chi connectivity index (χ3v) is 4.31. The summed E-state index contributed by atoms with van der Waals surface area (Å²) in [5.41, 5.74) is 4.51. The van der Waals surface area contributed by atoms with Gasteiger partial charge < -0.3 is 15.2 Å². The lowest BCUT2D eigenvalue weighted by Gasteiger charge is -2.18.